The van der Waals surface area contributed by atoms with Crippen LogP contribution in [0.1, 0.15) is 4.88 Å². The van der Waals surface area contributed by atoms with Gasteiger partial charge in [0.25, 0.3) is 0 Å². The molecule has 0 saturated carbocycles. The van der Waals surface area contributed by atoms with E-state index < -0.39 is 0 Å². The summed E-state index contributed by atoms with van der Waals surface area (Å²) in [5.41, 5.74) is 0. The van der Waals surface area contributed by atoms with Crippen molar-refractivity contribution in [1.82, 2.24) is 4.90 Å². The molecule has 0 atom stereocenters. The Labute approximate surface area is 81.4 Å². The summed E-state index contributed by atoms with van der Waals surface area (Å²) in [6, 6.07) is 3.97. The molecule has 1 aromatic heterocycles. The van der Waals surface area contributed by atoms with E-state index in [2.05, 4.69) is 17.5 Å². The van der Waals surface area contributed by atoms with Crippen molar-refractivity contribution in [2.75, 3.05) is 12.9 Å². The largest absolute Gasteiger partial charge is 0.292 e. The molecule has 0 fully saturated rings. The van der Waals surface area contributed by atoms with Gasteiger partial charge in [0.05, 0.1) is 4.34 Å². The number of hydrogen-bond acceptors (Lipinski definition) is 3. The second kappa shape index (κ2) is 4.36. The number of rotatable bonds is 3. The van der Waals surface area contributed by atoms with E-state index in [1.54, 1.807) is 11.3 Å². The third-order valence-corrected chi connectivity index (χ3v) is 2.99. The zero-order valence-corrected chi connectivity index (χ0v) is 8.72. The fraction of sp³-hybridized carbons (Fsp3) is 0.429. The summed E-state index contributed by atoms with van der Waals surface area (Å²) < 4.78 is 0.854. The molecule has 0 amide bonds. The monoisotopic (exact) mass is 207 g/mol. The van der Waals surface area contributed by atoms with Crippen LogP contribution in [-0.4, -0.2) is 17.8 Å². The number of nitrogens with zero attached hydrogens (tertiary/aromatic N) is 1. The molecule has 0 unspecified atom stereocenters. The van der Waals surface area contributed by atoms with E-state index >= 15 is 0 Å². The van der Waals surface area contributed by atoms with E-state index in [0.717, 1.165) is 16.8 Å². The van der Waals surface area contributed by atoms with Crippen molar-refractivity contribution >= 4 is 35.6 Å². The molecule has 1 rings (SSSR count). The van der Waals surface area contributed by atoms with Gasteiger partial charge >= 0.3 is 0 Å². The highest BCUT2D eigenvalue weighted by molar-refractivity contribution is 7.80. The average Bonchev–Trinajstić information content (AvgIpc) is 2.35. The molecule has 0 aliphatic carbocycles. The minimum Gasteiger partial charge on any atom is -0.292 e. The highest BCUT2D eigenvalue weighted by Crippen LogP contribution is 2.22. The van der Waals surface area contributed by atoms with Gasteiger partial charge in [-0.05, 0) is 19.2 Å². The number of thiophene rings is 1. The molecule has 0 aliphatic heterocycles. The van der Waals surface area contributed by atoms with Gasteiger partial charge in [0.2, 0.25) is 0 Å². The van der Waals surface area contributed by atoms with Gasteiger partial charge in [0.1, 0.15) is 0 Å². The lowest BCUT2D eigenvalue weighted by Gasteiger charge is -2.10. The molecule has 0 radical (unpaired) electrons. The van der Waals surface area contributed by atoms with Crippen molar-refractivity contribution in [3.63, 3.8) is 0 Å². The predicted octanol–water partition coefficient (Wildman–Crippen LogP) is 2.72. The maximum Gasteiger partial charge on any atom is 0.0931 e. The van der Waals surface area contributed by atoms with Crippen LogP contribution in [-0.2, 0) is 6.54 Å². The van der Waals surface area contributed by atoms with Crippen LogP contribution in [0, 0.1) is 0 Å². The summed E-state index contributed by atoms with van der Waals surface area (Å²) in [5, 5.41) is 0. The first-order chi connectivity index (χ1) is 5.22. The van der Waals surface area contributed by atoms with Crippen LogP contribution in [0.25, 0.3) is 0 Å². The summed E-state index contributed by atoms with van der Waals surface area (Å²) in [7, 11) is 2.03. The highest BCUT2D eigenvalue weighted by Gasteiger charge is 2.00. The second-order valence-electron chi connectivity index (χ2n) is 2.36. The maximum atomic E-state index is 5.77. The molecular weight excluding hydrogens is 198 g/mol. The summed E-state index contributed by atoms with van der Waals surface area (Å²) in [6.45, 7) is 0.931. The SMILES string of the molecule is CN(CS)Cc1ccc(Cl)s1. The molecule has 1 nitrogen and oxygen atoms in total. The Morgan fingerprint density at radius 3 is 2.82 bits per heavy atom. The Bertz CT molecular complexity index is 224. The quantitative estimate of drug-likeness (QED) is 0.590. The standard InChI is InChI=1S/C7H10ClNS2/c1-9(5-10)4-6-2-3-7(8)11-6/h2-3,10H,4-5H2,1H3. The Kier molecular flexibility index (Phi) is 3.72. The number of hydrogen-bond donors (Lipinski definition) is 1. The predicted molar refractivity (Wildman–Crippen MR) is 54.6 cm³/mol. The molecule has 1 heterocycles. The van der Waals surface area contributed by atoms with Crippen LogP contribution in [0.15, 0.2) is 12.1 Å². The van der Waals surface area contributed by atoms with E-state index in [0.29, 0.717) is 0 Å². The second-order valence-corrected chi connectivity index (χ2v) is 4.44. The summed E-state index contributed by atoms with van der Waals surface area (Å²) in [6.07, 6.45) is 0. The fourth-order valence-corrected chi connectivity index (χ4v) is 2.02. The van der Waals surface area contributed by atoms with E-state index in [1.807, 2.05) is 19.2 Å². The lowest BCUT2D eigenvalue weighted by Crippen LogP contribution is -2.14. The minimum atomic E-state index is 0.773. The normalized spacial score (nSPS) is 10.9. The van der Waals surface area contributed by atoms with Crippen LogP contribution >= 0.6 is 35.6 Å². The molecule has 1 aromatic rings. The van der Waals surface area contributed by atoms with Gasteiger partial charge in [-0.25, -0.2) is 0 Å². The van der Waals surface area contributed by atoms with Crippen LogP contribution in [0.3, 0.4) is 0 Å². The molecule has 11 heavy (non-hydrogen) atoms. The number of halogens is 1. The molecule has 62 valence electrons. The lowest BCUT2D eigenvalue weighted by atomic mass is 10.4. The zero-order chi connectivity index (χ0) is 8.27. The van der Waals surface area contributed by atoms with Crippen molar-refractivity contribution in [3.8, 4) is 0 Å². The van der Waals surface area contributed by atoms with E-state index in [9.17, 15) is 0 Å². The van der Waals surface area contributed by atoms with Crippen molar-refractivity contribution in [3.05, 3.63) is 21.3 Å². The Morgan fingerprint density at radius 2 is 2.36 bits per heavy atom. The van der Waals surface area contributed by atoms with Crippen LogP contribution in [0.4, 0.5) is 0 Å². The van der Waals surface area contributed by atoms with Gasteiger partial charge in [0.15, 0.2) is 0 Å². The average molecular weight is 208 g/mol. The van der Waals surface area contributed by atoms with Gasteiger partial charge in [-0.1, -0.05) is 11.6 Å². The van der Waals surface area contributed by atoms with Crippen LogP contribution in [0.2, 0.25) is 4.34 Å². The maximum absolute atomic E-state index is 5.77. The topological polar surface area (TPSA) is 3.24 Å². The van der Waals surface area contributed by atoms with Crippen molar-refractivity contribution in [2.45, 2.75) is 6.54 Å². The molecule has 0 aliphatic rings. The van der Waals surface area contributed by atoms with Gasteiger partial charge in [0, 0.05) is 17.3 Å². The fourth-order valence-electron chi connectivity index (χ4n) is 0.753. The van der Waals surface area contributed by atoms with E-state index in [1.165, 1.54) is 4.88 Å². The van der Waals surface area contributed by atoms with E-state index in [4.69, 9.17) is 11.6 Å². The molecule has 4 heteroatoms. The summed E-state index contributed by atoms with van der Waals surface area (Å²) >= 11 is 11.5. The summed E-state index contributed by atoms with van der Waals surface area (Å²) in [5.74, 6) is 0.773. The van der Waals surface area contributed by atoms with Crippen LogP contribution < -0.4 is 0 Å². The van der Waals surface area contributed by atoms with Crippen molar-refractivity contribution in [1.29, 1.82) is 0 Å². The smallest absolute Gasteiger partial charge is 0.0931 e. The minimum absolute atomic E-state index is 0.773. The van der Waals surface area contributed by atoms with Gasteiger partial charge in [-0.3, -0.25) is 4.90 Å². The molecule has 0 saturated heterocycles. The lowest BCUT2D eigenvalue weighted by molar-refractivity contribution is 0.391. The Balaban J connectivity index is 2.50. The van der Waals surface area contributed by atoms with Crippen LogP contribution in [0.5, 0.6) is 0 Å². The molecular formula is C7H10ClNS2. The number of thiol groups is 1. The highest BCUT2D eigenvalue weighted by atomic mass is 35.5. The van der Waals surface area contributed by atoms with E-state index in [-0.39, 0.29) is 0 Å². The first-order valence-corrected chi connectivity index (χ1v) is 5.08. The van der Waals surface area contributed by atoms with Crippen molar-refractivity contribution in [2.24, 2.45) is 0 Å². The van der Waals surface area contributed by atoms with Gasteiger partial charge in [-0.15, -0.1) is 11.3 Å². The van der Waals surface area contributed by atoms with Crippen molar-refractivity contribution < 1.29 is 0 Å². The first kappa shape index (κ1) is 9.39. The molecule has 0 bridgehead atoms. The van der Waals surface area contributed by atoms with Gasteiger partial charge < -0.3 is 0 Å². The zero-order valence-electron chi connectivity index (χ0n) is 6.25. The first-order valence-electron chi connectivity index (χ1n) is 3.26. The summed E-state index contributed by atoms with van der Waals surface area (Å²) in [4.78, 5) is 3.40. The Hall–Kier alpha value is 0.300. The molecule has 0 spiro atoms. The molecule has 0 aromatic carbocycles. The van der Waals surface area contributed by atoms with Gasteiger partial charge in [-0.2, -0.15) is 12.6 Å². The third-order valence-electron chi connectivity index (χ3n) is 1.30. The third kappa shape index (κ3) is 3.03. The Morgan fingerprint density at radius 1 is 1.64 bits per heavy atom. The molecule has 0 N–H and O–H groups in total.